The average molecular weight is 442 g/mol. The van der Waals surface area contributed by atoms with Gasteiger partial charge >= 0.3 is 6.03 Å². The third-order valence-corrected chi connectivity index (χ3v) is 8.30. The van der Waals surface area contributed by atoms with Crippen LogP contribution in [0.5, 0.6) is 0 Å². The Kier molecular flexibility index (Phi) is 7.84. The topological polar surface area (TPSA) is 87.7 Å². The second-order valence-electron chi connectivity index (χ2n) is 7.82. The molecule has 2 N–H and O–H groups in total. The van der Waals surface area contributed by atoms with Crippen molar-refractivity contribution in [3.63, 3.8) is 0 Å². The molecule has 3 rings (SSSR count). The number of hydrogen-bond donors (Lipinski definition) is 2. The van der Waals surface area contributed by atoms with Crippen LogP contribution in [0.3, 0.4) is 0 Å². The second-order valence-corrected chi connectivity index (χ2v) is 11.3. The Labute approximate surface area is 178 Å². The minimum absolute atomic E-state index is 0.0594. The standard InChI is InChI=1S/C20H31N3O4S2/c1-15-13-23(14-16(2)27-15)29(25,26)12-11-21-20(24)22-17-7-9-19(10-8-17)28-18-5-3-4-6-18/h7-10,15-16,18H,3-6,11-14H2,1-2H3,(H2,21,22,24)/t15-,16-/m1/s1. The molecule has 1 saturated heterocycles. The Morgan fingerprint density at radius 3 is 2.38 bits per heavy atom. The van der Waals surface area contributed by atoms with Gasteiger partial charge in [-0.05, 0) is 51.0 Å². The third-order valence-electron chi connectivity index (χ3n) is 5.14. The van der Waals surface area contributed by atoms with Crippen LogP contribution < -0.4 is 10.6 Å². The lowest BCUT2D eigenvalue weighted by molar-refractivity contribution is -0.0440. The van der Waals surface area contributed by atoms with Gasteiger partial charge in [0.1, 0.15) is 0 Å². The lowest BCUT2D eigenvalue weighted by atomic mass is 10.3. The van der Waals surface area contributed by atoms with Crippen LogP contribution in [0.2, 0.25) is 0 Å². The summed E-state index contributed by atoms with van der Waals surface area (Å²) < 4.78 is 32.0. The van der Waals surface area contributed by atoms with Crippen LogP contribution in [0.1, 0.15) is 39.5 Å². The molecule has 0 unspecified atom stereocenters. The first-order valence-electron chi connectivity index (χ1n) is 10.3. The second kappa shape index (κ2) is 10.1. The number of nitrogens with one attached hydrogen (secondary N) is 2. The number of anilines is 1. The van der Waals surface area contributed by atoms with Gasteiger partial charge in [0, 0.05) is 35.5 Å². The lowest BCUT2D eigenvalue weighted by Gasteiger charge is -2.34. The van der Waals surface area contributed by atoms with Crippen molar-refractivity contribution in [2.24, 2.45) is 0 Å². The maximum Gasteiger partial charge on any atom is 0.319 e. The van der Waals surface area contributed by atoms with Crippen molar-refractivity contribution < 1.29 is 17.9 Å². The van der Waals surface area contributed by atoms with E-state index in [4.69, 9.17) is 4.74 Å². The molecule has 2 aliphatic rings. The summed E-state index contributed by atoms with van der Waals surface area (Å²) in [5.41, 5.74) is 0.692. The summed E-state index contributed by atoms with van der Waals surface area (Å²) in [7, 11) is -3.43. The predicted molar refractivity (Wildman–Crippen MR) is 117 cm³/mol. The first-order valence-corrected chi connectivity index (χ1v) is 12.8. The number of thioether (sulfide) groups is 1. The fourth-order valence-corrected chi connectivity index (χ4v) is 6.51. The average Bonchev–Trinajstić information content (AvgIpc) is 3.15. The molecule has 2 atom stereocenters. The molecular weight excluding hydrogens is 410 g/mol. The van der Waals surface area contributed by atoms with Gasteiger partial charge in [0.25, 0.3) is 0 Å². The zero-order valence-electron chi connectivity index (χ0n) is 17.1. The summed E-state index contributed by atoms with van der Waals surface area (Å²) in [6, 6.07) is 7.39. The van der Waals surface area contributed by atoms with E-state index in [1.807, 2.05) is 49.9 Å². The smallest absolute Gasteiger partial charge is 0.319 e. The summed E-state index contributed by atoms with van der Waals surface area (Å²) in [5.74, 6) is -0.128. The van der Waals surface area contributed by atoms with Gasteiger partial charge in [-0.25, -0.2) is 13.2 Å². The van der Waals surface area contributed by atoms with E-state index in [0.29, 0.717) is 24.0 Å². The van der Waals surface area contributed by atoms with E-state index in [-0.39, 0.29) is 24.5 Å². The van der Waals surface area contributed by atoms with Gasteiger partial charge in [-0.2, -0.15) is 4.31 Å². The molecule has 1 saturated carbocycles. The molecule has 0 aromatic heterocycles. The maximum atomic E-state index is 12.5. The van der Waals surface area contributed by atoms with Crippen molar-refractivity contribution in [1.29, 1.82) is 0 Å². The van der Waals surface area contributed by atoms with Crippen LogP contribution in [-0.4, -0.2) is 61.6 Å². The number of rotatable bonds is 7. The van der Waals surface area contributed by atoms with Gasteiger partial charge in [-0.15, -0.1) is 11.8 Å². The van der Waals surface area contributed by atoms with E-state index < -0.39 is 16.1 Å². The number of morpholine rings is 1. The summed E-state index contributed by atoms with van der Waals surface area (Å²) in [4.78, 5) is 13.3. The van der Waals surface area contributed by atoms with Gasteiger partial charge in [-0.3, -0.25) is 0 Å². The number of nitrogens with zero attached hydrogens (tertiary/aromatic N) is 1. The van der Waals surface area contributed by atoms with Crippen LogP contribution in [-0.2, 0) is 14.8 Å². The third kappa shape index (κ3) is 6.87. The van der Waals surface area contributed by atoms with Crippen molar-refractivity contribution >= 4 is 33.5 Å². The number of carbonyl (C=O) groups is 1. The maximum absolute atomic E-state index is 12.5. The van der Waals surface area contributed by atoms with Crippen molar-refractivity contribution in [3.8, 4) is 0 Å². The quantitative estimate of drug-likeness (QED) is 0.678. The summed E-state index contributed by atoms with van der Waals surface area (Å²) in [5, 5.41) is 6.09. The number of sulfonamides is 1. The Morgan fingerprint density at radius 1 is 1.14 bits per heavy atom. The summed E-state index contributed by atoms with van der Waals surface area (Å²) in [6.07, 6.45) is 4.93. The molecule has 0 bridgehead atoms. The largest absolute Gasteiger partial charge is 0.373 e. The van der Waals surface area contributed by atoms with Crippen molar-refractivity contribution in [3.05, 3.63) is 24.3 Å². The number of hydrogen-bond acceptors (Lipinski definition) is 5. The monoisotopic (exact) mass is 441 g/mol. The summed E-state index contributed by atoms with van der Waals surface area (Å²) >= 11 is 1.90. The normalized spacial score (nSPS) is 23.8. The Balaban J connectivity index is 1.41. The number of urea groups is 1. The molecule has 1 aliphatic heterocycles. The lowest BCUT2D eigenvalue weighted by Crippen LogP contribution is -2.49. The molecule has 29 heavy (non-hydrogen) atoms. The Bertz CT molecular complexity index is 769. The zero-order valence-corrected chi connectivity index (χ0v) is 18.7. The molecule has 7 nitrogen and oxygen atoms in total. The van der Waals surface area contributed by atoms with Crippen molar-refractivity contribution in [2.75, 3.05) is 30.7 Å². The molecule has 162 valence electrons. The van der Waals surface area contributed by atoms with Crippen molar-refractivity contribution in [2.45, 2.75) is 61.9 Å². The van der Waals surface area contributed by atoms with Crippen LogP contribution >= 0.6 is 11.8 Å². The highest BCUT2D eigenvalue weighted by Crippen LogP contribution is 2.34. The fourth-order valence-electron chi connectivity index (χ4n) is 3.77. The van der Waals surface area contributed by atoms with Gasteiger partial charge in [-0.1, -0.05) is 12.8 Å². The number of benzene rings is 1. The van der Waals surface area contributed by atoms with E-state index in [9.17, 15) is 13.2 Å². The molecule has 1 aromatic rings. The molecule has 1 heterocycles. The van der Waals surface area contributed by atoms with E-state index in [1.54, 1.807) is 0 Å². The number of ether oxygens (including phenoxy) is 1. The van der Waals surface area contributed by atoms with Crippen LogP contribution in [0.4, 0.5) is 10.5 Å². The molecule has 2 fully saturated rings. The Hall–Kier alpha value is -1.29. The molecule has 2 amide bonds. The van der Waals surface area contributed by atoms with E-state index in [2.05, 4.69) is 10.6 Å². The highest BCUT2D eigenvalue weighted by Gasteiger charge is 2.30. The van der Waals surface area contributed by atoms with Crippen molar-refractivity contribution in [1.82, 2.24) is 9.62 Å². The van der Waals surface area contributed by atoms with Crippen LogP contribution in [0.15, 0.2) is 29.2 Å². The van der Waals surface area contributed by atoms with Gasteiger partial charge in [0.15, 0.2) is 0 Å². The Morgan fingerprint density at radius 2 is 1.76 bits per heavy atom. The number of carbonyl (C=O) groups excluding carboxylic acids is 1. The molecule has 1 aliphatic carbocycles. The summed E-state index contributed by atoms with van der Waals surface area (Å²) in [6.45, 7) is 4.49. The van der Waals surface area contributed by atoms with Crippen LogP contribution in [0, 0.1) is 0 Å². The SMILES string of the molecule is C[C@@H]1CN(S(=O)(=O)CCNC(=O)Nc2ccc(SC3CCCC3)cc2)C[C@@H](C)O1. The molecular formula is C20H31N3O4S2. The minimum atomic E-state index is -3.43. The minimum Gasteiger partial charge on any atom is -0.373 e. The first-order chi connectivity index (χ1) is 13.8. The molecule has 1 aromatic carbocycles. The zero-order chi connectivity index (χ0) is 20.9. The van der Waals surface area contributed by atoms with Gasteiger partial charge in [0.2, 0.25) is 10.0 Å². The first kappa shape index (κ1) is 22.4. The highest BCUT2D eigenvalue weighted by atomic mass is 32.2. The van der Waals surface area contributed by atoms with Crippen LogP contribution in [0.25, 0.3) is 0 Å². The molecule has 9 heteroatoms. The molecule has 0 spiro atoms. The van der Waals surface area contributed by atoms with E-state index in [1.165, 1.54) is 34.9 Å². The van der Waals surface area contributed by atoms with Gasteiger partial charge < -0.3 is 15.4 Å². The van der Waals surface area contributed by atoms with E-state index >= 15 is 0 Å². The highest BCUT2D eigenvalue weighted by molar-refractivity contribution is 8.00. The fraction of sp³-hybridized carbons (Fsp3) is 0.650. The predicted octanol–water partition coefficient (Wildman–Crippen LogP) is 3.28. The molecule has 0 radical (unpaired) electrons. The van der Waals surface area contributed by atoms with Gasteiger partial charge in [0.05, 0.1) is 18.0 Å². The van der Waals surface area contributed by atoms with E-state index in [0.717, 1.165) is 0 Å². The number of amides is 2.